The number of nitrogens with zero attached hydrogens (tertiary/aromatic N) is 1. The van der Waals surface area contributed by atoms with Crippen molar-refractivity contribution in [2.24, 2.45) is 0 Å². The van der Waals surface area contributed by atoms with Crippen molar-refractivity contribution in [3.05, 3.63) is 23.8 Å². The summed E-state index contributed by atoms with van der Waals surface area (Å²) in [5.41, 5.74) is 6.52. The number of ether oxygens (including phenoxy) is 2. The summed E-state index contributed by atoms with van der Waals surface area (Å²) in [6, 6.07) is 4.61. The fourth-order valence-electron chi connectivity index (χ4n) is 2.28. The van der Waals surface area contributed by atoms with Crippen LogP contribution in [-0.4, -0.2) is 43.6 Å². The van der Waals surface area contributed by atoms with E-state index in [0.717, 1.165) is 25.9 Å². The van der Waals surface area contributed by atoms with Gasteiger partial charge in [0.1, 0.15) is 5.75 Å². The molecular formula is C15H20N2O4. The molecule has 0 spiro atoms. The number of rotatable bonds is 4. The summed E-state index contributed by atoms with van der Waals surface area (Å²) in [4.78, 5) is 25.3. The Morgan fingerprint density at radius 1 is 1.24 bits per heavy atom. The summed E-state index contributed by atoms with van der Waals surface area (Å²) >= 11 is 0. The number of likely N-dealkylation sites (tertiary alicyclic amines) is 1. The molecule has 1 saturated heterocycles. The van der Waals surface area contributed by atoms with Gasteiger partial charge in [0.15, 0.2) is 6.61 Å². The molecule has 0 unspecified atom stereocenters. The molecule has 1 fully saturated rings. The molecule has 2 rings (SSSR count). The molecule has 1 amide bonds. The van der Waals surface area contributed by atoms with Crippen LogP contribution in [0.2, 0.25) is 0 Å². The predicted octanol–water partition coefficient (Wildman–Crippen LogP) is 1.45. The predicted molar refractivity (Wildman–Crippen MR) is 78.1 cm³/mol. The number of anilines is 1. The van der Waals surface area contributed by atoms with Crippen LogP contribution >= 0.6 is 0 Å². The van der Waals surface area contributed by atoms with Crippen LogP contribution in [0.3, 0.4) is 0 Å². The molecule has 0 bridgehead atoms. The van der Waals surface area contributed by atoms with Crippen LogP contribution in [-0.2, 0) is 9.53 Å². The first-order chi connectivity index (χ1) is 10.1. The Kier molecular flexibility index (Phi) is 5.03. The van der Waals surface area contributed by atoms with E-state index in [1.54, 1.807) is 17.0 Å². The zero-order chi connectivity index (χ0) is 15.2. The molecule has 6 heteroatoms. The highest BCUT2D eigenvalue weighted by molar-refractivity contribution is 5.90. The molecule has 1 aromatic rings. The van der Waals surface area contributed by atoms with Gasteiger partial charge in [-0.05, 0) is 37.5 Å². The van der Waals surface area contributed by atoms with Crippen molar-refractivity contribution in [3.8, 4) is 5.75 Å². The van der Waals surface area contributed by atoms with E-state index in [1.165, 1.54) is 19.6 Å². The number of esters is 1. The van der Waals surface area contributed by atoms with Gasteiger partial charge in [-0.2, -0.15) is 0 Å². The molecule has 0 aromatic heterocycles. The average Bonchev–Trinajstić information content (AvgIpc) is 2.53. The van der Waals surface area contributed by atoms with E-state index < -0.39 is 5.97 Å². The number of carbonyl (C=O) groups is 2. The van der Waals surface area contributed by atoms with Crippen molar-refractivity contribution in [3.63, 3.8) is 0 Å². The van der Waals surface area contributed by atoms with E-state index in [4.69, 9.17) is 10.5 Å². The largest absolute Gasteiger partial charge is 0.482 e. The summed E-state index contributed by atoms with van der Waals surface area (Å²) in [6.07, 6.45) is 3.23. The number of hydrogen-bond donors (Lipinski definition) is 1. The molecule has 0 saturated carbocycles. The number of methoxy groups -OCH3 is 1. The highest BCUT2D eigenvalue weighted by Crippen LogP contribution is 2.23. The van der Waals surface area contributed by atoms with Crippen molar-refractivity contribution >= 4 is 17.6 Å². The molecule has 0 radical (unpaired) electrons. The van der Waals surface area contributed by atoms with Crippen molar-refractivity contribution in [2.45, 2.75) is 19.3 Å². The van der Waals surface area contributed by atoms with Crippen molar-refractivity contribution in [1.82, 2.24) is 4.90 Å². The van der Waals surface area contributed by atoms with Gasteiger partial charge in [-0.1, -0.05) is 0 Å². The quantitative estimate of drug-likeness (QED) is 0.671. The molecule has 114 valence electrons. The van der Waals surface area contributed by atoms with E-state index in [-0.39, 0.29) is 12.5 Å². The van der Waals surface area contributed by atoms with Crippen molar-refractivity contribution in [1.29, 1.82) is 0 Å². The third kappa shape index (κ3) is 3.87. The minimum Gasteiger partial charge on any atom is -0.482 e. The number of benzene rings is 1. The van der Waals surface area contributed by atoms with Crippen LogP contribution in [0.1, 0.15) is 29.6 Å². The van der Waals surface area contributed by atoms with Crippen LogP contribution in [0.15, 0.2) is 18.2 Å². The number of piperidine rings is 1. The Balaban J connectivity index is 1.98. The molecule has 21 heavy (non-hydrogen) atoms. The Hall–Kier alpha value is -2.24. The highest BCUT2D eigenvalue weighted by atomic mass is 16.5. The summed E-state index contributed by atoms with van der Waals surface area (Å²) in [7, 11) is 1.30. The molecule has 0 atom stereocenters. The van der Waals surface area contributed by atoms with Crippen LogP contribution < -0.4 is 10.5 Å². The molecule has 1 aliphatic rings. The summed E-state index contributed by atoms with van der Waals surface area (Å²) in [5, 5.41) is 0. The van der Waals surface area contributed by atoms with Crippen molar-refractivity contribution in [2.75, 3.05) is 32.5 Å². The van der Waals surface area contributed by atoms with Gasteiger partial charge in [0.2, 0.25) is 0 Å². The second-order valence-corrected chi connectivity index (χ2v) is 4.97. The monoisotopic (exact) mass is 292 g/mol. The first-order valence-electron chi connectivity index (χ1n) is 7.00. The smallest absolute Gasteiger partial charge is 0.337 e. The minimum atomic E-state index is -0.470. The number of hydrogen-bond acceptors (Lipinski definition) is 5. The second kappa shape index (κ2) is 6.97. The van der Waals surface area contributed by atoms with Gasteiger partial charge >= 0.3 is 5.97 Å². The van der Waals surface area contributed by atoms with Gasteiger partial charge in [-0.25, -0.2) is 4.79 Å². The van der Waals surface area contributed by atoms with Crippen molar-refractivity contribution < 1.29 is 19.1 Å². The number of nitrogens with two attached hydrogens (primary N) is 1. The van der Waals surface area contributed by atoms with Gasteiger partial charge in [0, 0.05) is 13.1 Å². The first-order valence-corrected chi connectivity index (χ1v) is 7.00. The van der Waals surface area contributed by atoms with Gasteiger partial charge in [0.25, 0.3) is 5.91 Å². The third-order valence-corrected chi connectivity index (χ3v) is 3.49. The van der Waals surface area contributed by atoms with E-state index in [1.807, 2.05) is 0 Å². The summed E-state index contributed by atoms with van der Waals surface area (Å²) in [5.74, 6) is -0.206. The van der Waals surface area contributed by atoms with Crippen LogP contribution in [0, 0.1) is 0 Å². The number of nitrogen functional groups attached to an aromatic ring is 1. The Bertz CT molecular complexity index is 524. The lowest BCUT2D eigenvalue weighted by molar-refractivity contribution is -0.134. The lowest BCUT2D eigenvalue weighted by atomic mass is 10.1. The van der Waals surface area contributed by atoms with E-state index in [9.17, 15) is 9.59 Å². The maximum absolute atomic E-state index is 12.0. The normalized spacial score (nSPS) is 14.6. The van der Waals surface area contributed by atoms with Gasteiger partial charge in [-0.15, -0.1) is 0 Å². The lowest BCUT2D eigenvalue weighted by Gasteiger charge is -2.26. The maximum atomic E-state index is 12.0. The third-order valence-electron chi connectivity index (χ3n) is 3.49. The van der Waals surface area contributed by atoms with Gasteiger partial charge in [0.05, 0.1) is 18.4 Å². The van der Waals surface area contributed by atoms with E-state index in [2.05, 4.69) is 4.74 Å². The zero-order valence-electron chi connectivity index (χ0n) is 12.1. The fourth-order valence-corrected chi connectivity index (χ4v) is 2.28. The Labute approximate surface area is 123 Å². The summed E-state index contributed by atoms with van der Waals surface area (Å²) in [6.45, 7) is 1.48. The standard InChI is InChI=1S/C15H20N2O4/c1-20-15(19)11-5-6-12(16)13(9-11)21-10-14(18)17-7-3-2-4-8-17/h5-6,9H,2-4,7-8,10,16H2,1H3. The van der Waals surface area contributed by atoms with E-state index in [0.29, 0.717) is 17.0 Å². The van der Waals surface area contributed by atoms with E-state index >= 15 is 0 Å². The minimum absolute atomic E-state index is 0.0578. The van der Waals surface area contributed by atoms with Crippen LogP contribution in [0.25, 0.3) is 0 Å². The highest BCUT2D eigenvalue weighted by Gasteiger charge is 2.17. The summed E-state index contributed by atoms with van der Waals surface area (Å²) < 4.78 is 10.1. The van der Waals surface area contributed by atoms with Crippen LogP contribution in [0.5, 0.6) is 5.75 Å². The molecule has 2 N–H and O–H groups in total. The molecule has 1 aromatic carbocycles. The Morgan fingerprint density at radius 3 is 2.62 bits per heavy atom. The molecule has 1 aliphatic heterocycles. The van der Waals surface area contributed by atoms with Gasteiger partial charge in [-0.3, -0.25) is 4.79 Å². The Morgan fingerprint density at radius 2 is 1.95 bits per heavy atom. The van der Waals surface area contributed by atoms with Gasteiger partial charge < -0.3 is 20.1 Å². The topological polar surface area (TPSA) is 81.9 Å². The molecular weight excluding hydrogens is 272 g/mol. The average molecular weight is 292 g/mol. The zero-order valence-corrected chi connectivity index (χ0v) is 12.1. The number of amides is 1. The molecule has 6 nitrogen and oxygen atoms in total. The lowest BCUT2D eigenvalue weighted by Crippen LogP contribution is -2.38. The molecule has 0 aliphatic carbocycles. The second-order valence-electron chi connectivity index (χ2n) is 4.97. The maximum Gasteiger partial charge on any atom is 0.337 e. The SMILES string of the molecule is COC(=O)c1ccc(N)c(OCC(=O)N2CCCCC2)c1. The molecule has 1 heterocycles. The first kappa shape index (κ1) is 15.2. The van der Waals surface area contributed by atoms with Crippen LogP contribution in [0.4, 0.5) is 5.69 Å². The number of carbonyl (C=O) groups excluding carboxylic acids is 2. The fraction of sp³-hybridized carbons (Fsp3) is 0.467.